The van der Waals surface area contributed by atoms with Crippen LogP contribution in [0.1, 0.15) is 47.0 Å². The zero-order chi connectivity index (χ0) is 12.7. The van der Waals surface area contributed by atoms with Crippen LogP contribution in [0.25, 0.3) is 0 Å². The largest absolute Gasteiger partial charge is 0.481 e. The summed E-state index contributed by atoms with van der Waals surface area (Å²) in [5.41, 5.74) is 0. The lowest BCUT2D eigenvalue weighted by atomic mass is 9.96. The highest BCUT2D eigenvalue weighted by atomic mass is 16.4. The van der Waals surface area contributed by atoms with Gasteiger partial charge < -0.3 is 10.4 Å². The molecular weight excluding hydrogens is 206 g/mol. The standard InChI is InChI=1S/C12H23NO3/c1-5-9(4)11(14)6-10(7-12(15)16)13-8(2)3/h8-10,13H,5-7H2,1-4H3,(H,15,16). The Morgan fingerprint density at radius 1 is 1.19 bits per heavy atom. The molecule has 4 heteroatoms. The molecule has 2 unspecified atom stereocenters. The predicted molar refractivity (Wildman–Crippen MR) is 63.4 cm³/mol. The summed E-state index contributed by atoms with van der Waals surface area (Å²) in [6, 6.07) is -0.0620. The normalized spacial score (nSPS) is 14.8. The van der Waals surface area contributed by atoms with E-state index < -0.39 is 5.97 Å². The molecule has 2 N–H and O–H groups in total. The van der Waals surface area contributed by atoms with Gasteiger partial charge in [-0.2, -0.15) is 0 Å². The Kier molecular flexibility index (Phi) is 6.97. The van der Waals surface area contributed by atoms with E-state index in [0.717, 1.165) is 6.42 Å². The van der Waals surface area contributed by atoms with Crippen LogP contribution in [0.5, 0.6) is 0 Å². The van der Waals surface area contributed by atoms with Gasteiger partial charge in [-0.1, -0.05) is 27.7 Å². The SMILES string of the molecule is CCC(C)C(=O)CC(CC(=O)O)NC(C)C. The van der Waals surface area contributed by atoms with Crippen LogP contribution in [0.2, 0.25) is 0 Å². The number of nitrogens with one attached hydrogen (secondary N) is 1. The van der Waals surface area contributed by atoms with Crippen LogP contribution in [0, 0.1) is 5.92 Å². The molecule has 0 aromatic carbocycles. The number of aliphatic carboxylic acids is 1. The molecule has 2 atom stereocenters. The van der Waals surface area contributed by atoms with Crippen molar-refractivity contribution in [2.24, 2.45) is 5.92 Å². The molecule has 0 spiro atoms. The fraction of sp³-hybridized carbons (Fsp3) is 0.833. The Balaban J connectivity index is 4.29. The van der Waals surface area contributed by atoms with Crippen LogP contribution in [0.3, 0.4) is 0 Å². The second-order valence-corrected chi connectivity index (χ2v) is 4.60. The van der Waals surface area contributed by atoms with Crippen molar-refractivity contribution in [1.29, 1.82) is 0 Å². The Labute approximate surface area is 97.4 Å². The first-order valence-corrected chi connectivity index (χ1v) is 5.87. The summed E-state index contributed by atoms with van der Waals surface area (Å²) in [5.74, 6) is -0.706. The molecular formula is C12H23NO3. The van der Waals surface area contributed by atoms with E-state index in [1.165, 1.54) is 0 Å². The van der Waals surface area contributed by atoms with Crippen LogP contribution in [-0.2, 0) is 9.59 Å². The second-order valence-electron chi connectivity index (χ2n) is 4.60. The molecule has 4 nitrogen and oxygen atoms in total. The van der Waals surface area contributed by atoms with E-state index in [2.05, 4.69) is 5.32 Å². The van der Waals surface area contributed by atoms with Crippen LogP contribution in [-0.4, -0.2) is 28.9 Å². The molecule has 0 heterocycles. The summed E-state index contributed by atoms with van der Waals surface area (Å²) in [5, 5.41) is 11.9. The minimum Gasteiger partial charge on any atom is -0.481 e. The highest BCUT2D eigenvalue weighted by Crippen LogP contribution is 2.10. The maximum absolute atomic E-state index is 11.7. The Bertz CT molecular complexity index is 238. The monoisotopic (exact) mass is 229 g/mol. The third-order valence-electron chi connectivity index (χ3n) is 2.60. The van der Waals surface area contributed by atoms with Gasteiger partial charge in [-0.05, 0) is 6.42 Å². The lowest BCUT2D eigenvalue weighted by molar-refractivity contribution is -0.137. The number of carboxylic acids is 1. The highest BCUT2D eigenvalue weighted by molar-refractivity contribution is 5.82. The van der Waals surface area contributed by atoms with Crippen molar-refractivity contribution in [2.75, 3.05) is 0 Å². The van der Waals surface area contributed by atoms with Crippen molar-refractivity contribution >= 4 is 11.8 Å². The molecule has 94 valence electrons. The van der Waals surface area contributed by atoms with Gasteiger partial charge in [-0.3, -0.25) is 9.59 Å². The Hall–Kier alpha value is -0.900. The van der Waals surface area contributed by atoms with Crippen molar-refractivity contribution in [2.45, 2.75) is 59.0 Å². The molecule has 0 fully saturated rings. The van der Waals surface area contributed by atoms with Crippen molar-refractivity contribution in [3.8, 4) is 0 Å². The van der Waals surface area contributed by atoms with Gasteiger partial charge in [0.1, 0.15) is 5.78 Å². The molecule has 0 amide bonds. The summed E-state index contributed by atoms with van der Waals surface area (Å²) in [6.45, 7) is 7.74. The number of hydrogen-bond donors (Lipinski definition) is 2. The number of carbonyl (C=O) groups excluding carboxylic acids is 1. The summed E-state index contributed by atoms with van der Waals surface area (Å²) < 4.78 is 0. The van der Waals surface area contributed by atoms with Gasteiger partial charge in [-0.15, -0.1) is 0 Å². The molecule has 0 aliphatic carbocycles. The first-order chi connectivity index (χ1) is 7.36. The molecule has 0 rings (SSSR count). The molecule has 0 radical (unpaired) electrons. The van der Waals surface area contributed by atoms with Gasteiger partial charge in [0.05, 0.1) is 6.42 Å². The molecule has 0 aromatic rings. The zero-order valence-electron chi connectivity index (χ0n) is 10.6. The third kappa shape index (κ3) is 6.56. The van der Waals surface area contributed by atoms with Gasteiger partial charge in [0.15, 0.2) is 0 Å². The summed E-state index contributed by atoms with van der Waals surface area (Å²) in [6.07, 6.45) is 1.11. The smallest absolute Gasteiger partial charge is 0.304 e. The van der Waals surface area contributed by atoms with Crippen LogP contribution < -0.4 is 5.32 Å². The first kappa shape index (κ1) is 15.1. The fourth-order valence-corrected chi connectivity index (χ4v) is 1.54. The minimum atomic E-state index is -0.866. The maximum atomic E-state index is 11.7. The van der Waals surface area contributed by atoms with Crippen LogP contribution in [0.4, 0.5) is 0 Å². The minimum absolute atomic E-state index is 0.000351. The summed E-state index contributed by atoms with van der Waals surface area (Å²) >= 11 is 0. The topological polar surface area (TPSA) is 66.4 Å². The third-order valence-corrected chi connectivity index (χ3v) is 2.60. The van der Waals surface area contributed by atoms with Crippen molar-refractivity contribution in [3.05, 3.63) is 0 Å². The maximum Gasteiger partial charge on any atom is 0.304 e. The van der Waals surface area contributed by atoms with Crippen molar-refractivity contribution in [1.82, 2.24) is 5.32 Å². The number of rotatable bonds is 8. The van der Waals surface area contributed by atoms with Gasteiger partial charge in [0.25, 0.3) is 0 Å². The summed E-state index contributed by atoms with van der Waals surface area (Å²) in [4.78, 5) is 22.4. The second kappa shape index (κ2) is 7.39. The number of Topliss-reactive ketones (excluding diaryl/α,β-unsaturated/α-hetero) is 1. The molecule has 0 aliphatic heterocycles. The quantitative estimate of drug-likeness (QED) is 0.666. The number of carboxylic acid groups (broad SMARTS) is 1. The van der Waals surface area contributed by atoms with Gasteiger partial charge >= 0.3 is 5.97 Å². The van der Waals surface area contributed by atoms with E-state index >= 15 is 0 Å². The van der Waals surface area contributed by atoms with Gasteiger partial charge in [0, 0.05) is 24.4 Å². The molecule has 0 aliphatic rings. The van der Waals surface area contributed by atoms with Crippen molar-refractivity contribution < 1.29 is 14.7 Å². The molecule has 16 heavy (non-hydrogen) atoms. The van der Waals surface area contributed by atoms with E-state index in [0.29, 0.717) is 6.42 Å². The van der Waals surface area contributed by atoms with Gasteiger partial charge in [-0.25, -0.2) is 0 Å². The van der Waals surface area contributed by atoms with E-state index in [4.69, 9.17) is 5.11 Å². The van der Waals surface area contributed by atoms with Gasteiger partial charge in [0.2, 0.25) is 0 Å². The lowest BCUT2D eigenvalue weighted by Gasteiger charge is -2.20. The molecule has 0 aromatic heterocycles. The van der Waals surface area contributed by atoms with E-state index in [-0.39, 0.29) is 30.2 Å². The summed E-state index contributed by atoms with van der Waals surface area (Å²) in [7, 11) is 0. The number of hydrogen-bond acceptors (Lipinski definition) is 3. The van der Waals surface area contributed by atoms with E-state index in [1.54, 1.807) is 0 Å². The predicted octanol–water partition coefficient (Wildman–Crippen LogP) is 1.83. The first-order valence-electron chi connectivity index (χ1n) is 5.87. The van der Waals surface area contributed by atoms with E-state index in [1.807, 2.05) is 27.7 Å². The fourth-order valence-electron chi connectivity index (χ4n) is 1.54. The number of carbonyl (C=O) groups is 2. The molecule has 0 saturated carbocycles. The lowest BCUT2D eigenvalue weighted by Crippen LogP contribution is -2.38. The number of ketones is 1. The van der Waals surface area contributed by atoms with Crippen molar-refractivity contribution in [3.63, 3.8) is 0 Å². The zero-order valence-corrected chi connectivity index (χ0v) is 10.6. The average Bonchev–Trinajstić information content (AvgIpc) is 2.14. The average molecular weight is 229 g/mol. The van der Waals surface area contributed by atoms with E-state index in [9.17, 15) is 9.59 Å². The van der Waals surface area contributed by atoms with Crippen LogP contribution in [0.15, 0.2) is 0 Å². The highest BCUT2D eigenvalue weighted by Gasteiger charge is 2.20. The Morgan fingerprint density at radius 2 is 1.75 bits per heavy atom. The molecule has 0 saturated heterocycles. The molecule has 0 bridgehead atoms. The van der Waals surface area contributed by atoms with Crippen LogP contribution >= 0.6 is 0 Å². The Morgan fingerprint density at radius 3 is 2.12 bits per heavy atom.